The van der Waals surface area contributed by atoms with E-state index >= 15 is 0 Å². The number of carbonyl (C=O) groups excluding carboxylic acids is 1. The molecule has 0 aliphatic carbocycles. The van der Waals surface area contributed by atoms with Gasteiger partial charge in [0.05, 0.1) is 17.4 Å². The first-order valence-electron chi connectivity index (χ1n) is 6.07. The van der Waals surface area contributed by atoms with Crippen molar-refractivity contribution >= 4 is 11.6 Å². The molecule has 0 saturated carbocycles. The molecule has 124 valence electrons. The van der Waals surface area contributed by atoms with Crippen LogP contribution in [0.15, 0.2) is 28.9 Å². The smallest absolute Gasteiger partial charge is 0.416 e. The van der Waals surface area contributed by atoms with Gasteiger partial charge in [-0.3, -0.25) is 4.79 Å². The Hall–Kier alpha value is -2.65. The molecule has 2 rings (SSSR count). The molecule has 1 amide bonds. The lowest BCUT2D eigenvalue weighted by atomic mass is 10.1. The number of aromatic nitrogens is 1. The zero-order valence-electron chi connectivity index (χ0n) is 11.4. The Morgan fingerprint density at radius 1 is 1.35 bits per heavy atom. The minimum Gasteiger partial charge on any atom is -0.433 e. The monoisotopic (exact) mass is 336 g/mol. The molecule has 5 nitrogen and oxygen atoms in total. The Morgan fingerprint density at radius 3 is 2.57 bits per heavy atom. The summed E-state index contributed by atoms with van der Waals surface area (Å²) in [5, 5.41) is 5.54. The van der Waals surface area contributed by atoms with Gasteiger partial charge in [0.2, 0.25) is 0 Å². The van der Waals surface area contributed by atoms with E-state index in [1.807, 2.05) is 0 Å². The van der Waals surface area contributed by atoms with Crippen molar-refractivity contribution in [2.24, 2.45) is 0 Å². The van der Waals surface area contributed by atoms with E-state index in [4.69, 9.17) is 0 Å². The number of benzene rings is 1. The van der Waals surface area contributed by atoms with Crippen LogP contribution in [-0.4, -0.2) is 17.7 Å². The van der Waals surface area contributed by atoms with E-state index in [-0.39, 0.29) is 17.0 Å². The summed E-state index contributed by atoms with van der Waals surface area (Å²) in [5.41, 5.74) is -1.52. The summed E-state index contributed by atoms with van der Waals surface area (Å²) in [6.07, 6.45) is -3.66. The summed E-state index contributed by atoms with van der Waals surface area (Å²) in [5.74, 6) is -1.44. The molecule has 0 saturated heterocycles. The first kappa shape index (κ1) is 16.7. The number of anilines is 1. The van der Waals surface area contributed by atoms with Gasteiger partial charge in [0.1, 0.15) is 17.1 Å². The van der Waals surface area contributed by atoms with E-state index in [9.17, 15) is 26.7 Å². The Bertz CT molecular complexity index is 712. The Morgan fingerprint density at radius 2 is 2.04 bits per heavy atom. The summed E-state index contributed by atoms with van der Waals surface area (Å²) in [6, 6.07) is 1.83. The third-order valence-electron chi connectivity index (χ3n) is 2.77. The molecule has 0 aliphatic heterocycles. The maximum atomic E-state index is 12.6. The van der Waals surface area contributed by atoms with Crippen molar-refractivity contribution in [3.05, 3.63) is 41.3 Å². The number of nitrogens with one attached hydrogen (secondary N) is 1. The molecular formula is C13H9F5N2O3. The molecule has 10 heteroatoms. The highest BCUT2D eigenvalue weighted by Crippen LogP contribution is 2.36. The largest absolute Gasteiger partial charge is 0.433 e. The van der Waals surface area contributed by atoms with Gasteiger partial charge in [-0.15, -0.1) is 0 Å². The van der Waals surface area contributed by atoms with Crippen LogP contribution < -0.4 is 10.1 Å². The minimum absolute atomic E-state index is 0.00731. The maximum Gasteiger partial charge on any atom is 0.416 e. The standard InChI is InChI=1S/C13H9F5N2O3/c1-6-8(5-19-23-6)11(21)20-9-3-2-7(13(16,17)18)4-10(9)22-12(14)15/h2-5,12H,1H3,(H,20,21). The van der Waals surface area contributed by atoms with Gasteiger partial charge in [-0.25, -0.2) is 0 Å². The highest BCUT2D eigenvalue weighted by molar-refractivity contribution is 6.05. The fourth-order valence-corrected chi connectivity index (χ4v) is 1.70. The van der Waals surface area contributed by atoms with Gasteiger partial charge in [-0.05, 0) is 25.1 Å². The van der Waals surface area contributed by atoms with Gasteiger partial charge in [-0.1, -0.05) is 5.16 Å². The Labute approximate surface area is 126 Å². The van der Waals surface area contributed by atoms with Gasteiger partial charge < -0.3 is 14.6 Å². The second-order valence-electron chi connectivity index (χ2n) is 4.34. The summed E-state index contributed by atoms with van der Waals surface area (Å²) < 4.78 is 71.3. The number of halogens is 5. The third-order valence-corrected chi connectivity index (χ3v) is 2.77. The van der Waals surface area contributed by atoms with Crippen LogP contribution in [0.4, 0.5) is 27.6 Å². The number of carbonyl (C=O) groups is 1. The molecule has 1 N–H and O–H groups in total. The topological polar surface area (TPSA) is 64.4 Å². The molecule has 1 heterocycles. The van der Waals surface area contributed by atoms with Gasteiger partial charge in [0.15, 0.2) is 0 Å². The van der Waals surface area contributed by atoms with Gasteiger partial charge in [0.25, 0.3) is 5.91 Å². The van der Waals surface area contributed by atoms with E-state index in [2.05, 4.69) is 19.7 Å². The highest BCUT2D eigenvalue weighted by Gasteiger charge is 2.32. The molecule has 0 radical (unpaired) electrons. The fourth-order valence-electron chi connectivity index (χ4n) is 1.70. The number of rotatable bonds is 4. The first-order chi connectivity index (χ1) is 10.7. The fraction of sp³-hybridized carbons (Fsp3) is 0.231. The molecule has 0 aliphatic rings. The average Bonchev–Trinajstić information content (AvgIpc) is 2.85. The zero-order chi connectivity index (χ0) is 17.2. The van der Waals surface area contributed by atoms with Crippen molar-refractivity contribution < 1.29 is 36.0 Å². The lowest BCUT2D eigenvalue weighted by Gasteiger charge is -2.14. The molecule has 2 aromatic rings. The SMILES string of the molecule is Cc1oncc1C(=O)Nc1ccc(C(F)(F)F)cc1OC(F)F. The summed E-state index contributed by atoms with van der Waals surface area (Å²) in [6.45, 7) is -1.92. The van der Waals surface area contributed by atoms with Crippen LogP contribution in [0.1, 0.15) is 21.7 Å². The van der Waals surface area contributed by atoms with Gasteiger partial charge >= 0.3 is 12.8 Å². The van der Waals surface area contributed by atoms with E-state index in [1.165, 1.54) is 6.92 Å². The van der Waals surface area contributed by atoms with Gasteiger partial charge in [0, 0.05) is 0 Å². The van der Waals surface area contributed by atoms with E-state index < -0.39 is 30.0 Å². The summed E-state index contributed by atoms with van der Waals surface area (Å²) in [7, 11) is 0. The van der Waals surface area contributed by atoms with Crippen LogP contribution in [0.2, 0.25) is 0 Å². The number of ether oxygens (including phenoxy) is 1. The van der Waals surface area contributed by atoms with E-state index in [1.54, 1.807) is 0 Å². The van der Waals surface area contributed by atoms with Crippen molar-refractivity contribution in [3.63, 3.8) is 0 Å². The third kappa shape index (κ3) is 3.96. The highest BCUT2D eigenvalue weighted by atomic mass is 19.4. The van der Waals surface area contributed by atoms with E-state index in [0.717, 1.165) is 12.3 Å². The molecule has 0 atom stereocenters. The summed E-state index contributed by atoms with van der Waals surface area (Å²) >= 11 is 0. The van der Waals surface area contributed by atoms with Crippen molar-refractivity contribution in [3.8, 4) is 5.75 Å². The second kappa shape index (κ2) is 6.23. The van der Waals surface area contributed by atoms with Crippen LogP contribution in [-0.2, 0) is 6.18 Å². The molecule has 0 spiro atoms. The average molecular weight is 336 g/mol. The molecule has 0 unspecified atom stereocenters. The molecule has 1 aromatic heterocycles. The van der Waals surface area contributed by atoms with Crippen LogP contribution in [0, 0.1) is 6.92 Å². The minimum atomic E-state index is -4.74. The molecular weight excluding hydrogens is 327 g/mol. The van der Waals surface area contributed by atoms with Crippen molar-refractivity contribution in [1.82, 2.24) is 5.16 Å². The number of alkyl halides is 5. The van der Waals surface area contributed by atoms with Crippen molar-refractivity contribution in [1.29, 1.82) is 0 Å². The Balaban J connectivity index is 2.33. The molecule has 0 fully saturated rings. The number of amides is 1. The number of hydrogen-bond acceptors (Lipinski definition) is 4. The predicted molar refractivity (Wildman–Crippen MR) is 67.3 cm³/mol. The molecule has 23 heavy (non-hydrogen) atoms. The first-order valence-corrected chi connectivity index (χ1v) is 6.07. The van der Waals surface area contributed by atoms with Crippen LogP contribution in [0.3, 0.4) is 0 Å². The van der Waals surface area contributed by atoms with E-state index in [0.29, 0.717) is 12.1 Å². The second-order valence-corrected chi connectivity index (χ2v) is 4.34. The molecule has 0 bridgehead atoms. The molecule has 1 aromatic carbocycles. The number of aryl methyl sites for hydroxylation is 1. The van der Waals surface area contributed by atoms with Crippen LogP contribution in [0.25, 0.3) is 0 Å². The number of nitrogens with zero attached hydrogens (tertiary/aromatic N) is 1. The lowest BCUT2D eigenvalue weighted by Crippen LogP contribution is -2.15. The van der Waals surface area contributed by atoms with Crippen molar-refractivity contribution in [2.75, 3.05) is 5.32 Å². The van der Waals surface area contributed by atoms with Gasteiger partial charge in [-0.2, -0.15) is 22.0 Å². The quantitative estimate of drug-likeness (QED) is 0.861. The normalized spacial score (nSPS) is 11.6. The predicted octanol–water partition coefficient (Wildman–Crippen LogP) is 3.86. The zero-order valence-corrected chi connectivity index (χ0v) is 11.4. The lowest BCUT2D eigenvalue weighted by molar-refractivity contribution is -0.138. The van der Waals surface area contributed by atoms with Crippen LogP contribution >= 0.6 is 0 Å². The number of hydrogen-bond donors (Lipinski definition) is 1. The summed E-state index contributed by atoms with van der Waals surface area (Å²) in [4.78, 5) is 11.9. The van der Waals surface area contributed by atoms with Crippen LogP contribution in [0.5, 0.6) is 5.75 Å². The van der Waals surface area contributed by atoms with Crippen molar-refractivity contribution in [2.45, 2.75) is 19.7 Å². The Kier molecular flexibility index (Phi) is 4.52. The maximum absolute atomic E-state index is 12.6.